The van der Waals surface area contributed by atoms with Crippen molar-refractivity contribution in [2.45, 2.75) is 63.6 Å². The third-order valence-electron chi connectivity index (χ3n) is 7.01. The zero-order valence-corrected chi connectivity index (χ0v) is 21.4. The van der Waals surface area contributed by atoms with Crippen molar-refractivity contribution in [1.82, 2.24) is 10.2 Å². The van der Waals surface area contributed by atoms with Crippen molar-refractivity contribution in [3.63, 3.8) is 0 Å². The lowest BCUT2D eigenvalue weighted by Crippen LogP contribution is -2.53. The van der Waals surface area contributed by atoms with Crippen LogP contribution in [0.15, 0.2) is 78.9 Å². The first kappa shape index (κ1) is 26.4. The van der Waals surface area contributed by atoms with Crippen LogP contribution in [-0.4, -0.2) is 35.9 Å². The van der Waals surface area contributed by atoms with Gasteiger partial charge in [0, 0.05) is 19.0 Å². The summed E-state index contributed by atoms with van der Waals surface area (Å²) in [6.07, 6.45) is 5.50. The third-order valence-corrected chi connectivity index (χ3v) is 7.01. The van der Waals surface area contributed by atoms with Gasteiger partial charge in [0.05, 0.1) is 13.5 Å². The summed E-state index contributed by atoms with van der Waals surface area (Å²) in [5.74, 6) is -0.220. The maximum atomic E-state index is 14.5. The third kappa shape index (κ3) is 7.42. The summed E-state index contributed by atoms with van der Waals surface area (Å²) in [5.41, 5.74) is 2.11. The first-order valence-corrected chi connectivity index (χ1v) is 13.0. The molecule has 3 aromatic rings. The molecule has 0 heterocycles. The number of ether oxygens (including phenoxy) is 1. The van der Waals surface area contributed by atoms with Crippen molar-refractivity contribution in [3.8, 4) is 5.75 Å². The van der Waals surface area contributed by atoms with Crippen LogP contribution in [0.1, 0.15) is 48.8 Å². The fraction of sp³-hybridized carbons (Fsp3) is 0.355. The minimum atomic E-state index is -0.741. The number of carbonyl (C=O) groups excluding carboxylic acids is 2. The van der Waals surface area contributed by atoms with Crippen molar-refractivity contribution in [3.05, 3.63) is 101 Å². The van der Waals surface area contributed by atoms with Crippen LogP contribution in [0, 0.1) is 5.82 Å². The average Bonchev–Trinajstić information content (AvgIpc) is 2.93. The molecule has 5 nitrogen and oxygen atoms in total. The van der Waals surface area contributed by atoms with E-state index < -0.39 is 11.9 Å². The molecule has 4 rings (SSSR count). The van der Waals surface area contributed by atoms with E-state index in [1.54, 1.807) is 30.2 Å². The van der Waals surface area contributed by atoms with E-state index in [1.165, 1.54) is 12.5 Å². The zero-order chi connectivity index (χ0) is 26.0. The highest BCUT2D eigenvalue weighted by atomic mass is 19.1. The molecule has 1 fully saturated rings. The van der Waals surface area contributed by atoms with Crippen LogP contribution in [0.2, 0.25) is 0 Å². The number of rotatable bonds is 10. The van der Waals surface area contributed by atoms with Gasteiger partial charge in [-0.1, -0.05) is 79.9 Å². The molecule has 1 atom stereocenters. The van der Waals surface area contributed by atoms with Gasteiger partial charge in [0.1, 0.15) is 17.6 Å². The van der Waals surface area contributed by atoms with Gasteiger partial charge in [0.2, 0.25) is 11.8 Å². The van der Waals surface area contributed by atoms with Crippen molar-refractivity contribution in [2.75, 3.05) is 7.11 Å². The molecule has 0 unspecified atom stereocenters. The zero-order valence-electron chi connectivity index (χ0n) is 21.4. The van der Waals surface area contributed by atoms with Gasteiger partial charge >= 0.3 is 0 Å². The van der Waals surface area contributed by atoms with Crippen molar-refractivity contribution in [1.29, 1.82) is 0 Å². The summed E-state index contributed by atoms with van der Waals surface area (Å²) in [4.78, 5) is 29.2. The fourth-order valence-corrected chi connectivity index (χ4v) is 4.97. The summed E-state index contributed by atoms with van der Waals surface area (Å²) in [6.45, 7) is 0.208. The van der Waals surface area contributed by atoms with Gasteiger partial charge in [-0.05, 0) is 47.7 Å². The maximum Gasteiger partial charge on any atom is 0.243 e. The molecule has 0 spiro atoms. The van der Waals surface area contributed by atoms with E-state index in [0.29, 0.717) is 17.7 Å². The van der Waals surface area contributed by atoms with Gasteiger partial charge < -0.3 is 15.0 Å². The lowest BCUT2D eigenvalue weighted by Gasteiger charge is -2.33. The van der Waals surface area contributed by atoms with Crippen LogP contribution in [0.3, 0.4) is 0 Å². The van der Waals surface area contributed by atoms with Crippen LogP contribution in [-0.2, 0) is 29.0 Å². The minimum absolute atomic E-state index is 0.111. The number of amides is 2. The molecule has 0 bridgehead atoms. The summed E-state index contributed by atoms with van der Waals surface area (Å²) in [5, 5.41) is 3.23. The first-order chi connectivity index (χ1) is 18.0. The minimum Gasteiger partial charge on any atom is -0.497 e. The summed E-state index contributed by atoms with van der Waals surface area (Å²) >= 11 is 0. The van der Waals surface area contributed by atoms with Gasteiger partial charge in [-0.15, -0.1) is 0 Å². The molecule has 0 saturated heterocycles. The maximum absolute atomic E-state index is 14.5. The lowest BCUT2D eigenvalue weighted by molar-refractivity contribution is -0.141. The molecule has 6 heteroatoms. The van der Waals surface area contributed by atoms with E-state index in [4.69, 9.17) is 4.74 Å². The molecule has 1 saturated carbocycles. The largest absolute Gasteiger partial charge is 0.497 e. The predicted molar refractivity (Wildman–Crippen MR) is 143 cm³/mol. The van der Waals surface area contributed by atoms with Crippen LogP contribution in [0.5, 0.6) is 5.75 Å². The van der Waals surface area contributed by atoms with Gasteiger partial charge in [-0.3, -0.25) is 9.59 Å². The summed E-state index contributed by atoms with van der Waals surface area (Å²) in [7, 11) is 1.59. The molecule has 0 aliphatic heterocycles. The molecule has 0 radical (unpaired) electrons. The molecule has 1 aliphatic rings. The van der Waals surface area contributed by atoms with E-state index in [-0.39, 0.29) is 30.8 Å². The standard InChI is InChI=1S/C31H35FN2O3/c1-37-27-17-10-13-24(19-27)22-34(30(35)21-25-14-8-9-18-28(25)32)29(20-23-11-4-2-5-12-23)31(36)33-26-15-6-3-7-16-26/h2,4-5,8-14,17-19,26,29H,3,6-7,15-16,20-22H2,1H3,(H,33,36)/t29-/m1/s1. The van der Waals surface area contributed by atoms with Crippen LogP contribution in [0.4, 0.5) is 4.39 Å². The second kappa shape index (κ2) is 13.0. The Morgan fingerprint density at radius 3 is 2.38 bits per heavy atom. The fourth-order valence-electron chi connectivity index (χ4n) is 4.97. The van der Waals surface area contributed by atoms with E-state index in [2.05, 4.69) is 5.32 Å². The molecular formula is C31H35FN2O3. The number of nitrogens with zero attached hydrogens (tertiary/aromatic N) is 1. The molecule has 3 aromatic carbocycles. The Morgan fingerprint density at radius 2 is 1.65 bits per heavy atom. The SMILES string of the molecule is COc1cccc(CN(C(=O)Cc2ccccc2F)[C@H](Cc2ccccc2)C(=O)NC2CCCCC2)c1. The summed E-state index contributed by atoms with van der Waals surface area (Å²) in [6, 6.07) is 22.9. The molecule has 1 aliphatic carbocycles. The van der Waals surface area contributed by atoms with Crippen LogP contribution in [0.25, 0.3) is 0 Å². The van der Waals surface area contributed by atoms with E-state index in [1.807, 2.05) is 54.6 Å². The Labute approximate surface area is 218 Å². The average molecular weight is 503 g/mol. The molecule has 1 N–H and O–H groups in total. The molecule has 0 aromatic heterocycles. The van der Waals surface area contributed by atoms with Gasteiger partial charge in [-0.2, -0.15) is 0 Å². The Kier molecular flexibility index (Phi) is 9.30. The van der Waals surface area contributed by atoms with Crippen LogP contribution < -0.4 is 10.1 Å². The molecule has 37 heavy (non-hydrogen) atoms. The Balaban J connectivity index is 1.67. The Morgan fingerprint density at radius 1 is 0.946 bits per heavy atom. The summed E-state index contributed by atoms with van der Waals surface area (Å²) < 4.78 is 19.9. The predicted octanol–water partition coefficient (Wildman–Crippen LogP) is 5.47. The number of nitrogens with one attached hydrogen (secondary N) is 1. The monoisotopic (exact) mass is 502 g/mol. The second-order valence-corrected chi connectivity index (χ2v) is 9.69. The number of benzene rings is 3. The topological polar surface area (TPSA) is 58.6 Å². The van der Waals surface area contributed by atoms with E-state index >= 15 is 0 Å². The van der Waals surface area contributed by atoms with Crippen molar-refractivity contribution >= 4 is 11.8 Å². The first-order valence-electron chi connectivity index (χ1n) is 13.0. The normalized spacial score (nSPS) is 14.5. The number of carbonyl (C=O) groups is 2. The van der Waals surface area contributed by atoms with Gasteiger partial charge in [0.25, 0.3) is 0 Å². The highest BCUT2D eigenvalue weighted by Gasteiger charge is 2.32. The second-order valence-electron chi connectivity index (χ2n) is 9.69. The molecular weight excluding hydrogens is 467 g/mol. The number of methoxy groups -OCH3 is 1. The van der Waals surface area contributed by atoms with E-state index in [9.17, 15) is 14.0 Å². The number of hydrogen-bond donors (Lipinski definition) is 1. The smallest absolute Gasteiger partial charge is 0.243 e. The van der Waals surface area contributed by atoms with Crippen molar-refractivity contribution < 1.29 is 18.7 Å². The van der Waals surface area contributed by atoms with E-state index in [0.717, 1.165) is 36.8 Å². The van der Waals surface area contributed by atoms with Gasteiger partial charge in [0.15, 0.2) is 0 Å². The number of hydrogen-bond acceptors (Lipinski definition) is 3. The van der Waals surface area contributed by atoms with Crippen molar-refractivity contribution in [2.24, 2.45) is 0 Å². The highest BCUT2D eigenvalue weighted by Crippen LogP contribution is 2.22. The Hall–Kier alpha value is -3.67. The Bertz CT molecular complexity index is 1180. The quantitative estimate of drug-likeness (QED) is 0.400. The lowest BCUT2D eigenvalue weighted by atomic mass is 9.94. The van der Waals surface area contributed by atoms with Crippen LogP contribution >= 0.6 is 0 Å². The highest BCUT2D eigenvalue weighted by molar-refractivity contribution is 5.89. The number of halogens is 1. The molecule has 2 amide bonds. The molecule has 194 valence electrons. The van der Waals surface area contributed by atoms with Gasteiger partial charge in [-0.25, -0.2) is 4.39 Å².